The number of hydrogen-bond acceptors (Lipinski definition) is 8. The number of aromatic amines is 1. The van der Waals surface area contributed by atoms with Crippen LogP contribution < -0.4 is 0 Å². The summed E-state index contributed by atoms with van der Waals surface area (Å²) >= 11 is 5.00. The van der Waals surface area contributed by atoms with Crippen molar-refractivity contribution in [2.45, 2.75) is 24.7 Å². The van der Waals surface area contributed by atoms with Crippen molar-refractivity contribution in [3.8, 4) is 0 Å². The van der Waals surface area contributed by atoms with Gasteiger partial charge in [-0.1, -0.05) is 12.2 Å². The molecule has 3 rings (SSSR count). The van der Waals surface area contributed by atoms with Crippen LogP contribution in [0.2, 0.25) is 0 Å². The van der Waals surface area contributed by atoms with Crippen LogP contribution in [0.3, 0.4) is 0 Å². The predicted molar refractivity (Wildman–Crippen MR) is 71.8 cm³/mol. The number of aliphatic hydroxyl groups excluding tert-OH is 2. The largest absolute Gasteiger partial charge is 0.472 e. The number of H-pyrrole nitrogens is 1. The normalized spacial score (nSPS) is 29.3. The van der Waals surface area contributed by atoms with Gasteiger partial charge in [0.25, 0.3) is 0 Å². The second-order valence-electron chi connectivity index (χ2n) is 4.53. The molecular formula is C9H11N4O7PS. The lowest BCUT2D eigenvalue weighted by Crippen LogP contribution is -2.32. The SMILES string of the molecule is O=P(O)(O)O[C@H]1OC(n2cnc3c(=S)nc[nH]c32)[C@H](O)[C@@H]1O. The summed E-state index contributed by atoms with van der Waals surface area (Å²) in [6.07, 6.45) is -3.40. The molecule has 0 saturated carbocycles. The first-order valence-electron chi connectivity index (χ1n) is 5.94. The van der Waals surface area contributed by atoms with Crippen molar-refractivity contribution in [2.24, 2.45) is 0 Å². The van der Waals surface area contributed by atoms with E-state index in [1.807, 2.05) is 0 Å². The predicted octanol–water partition coefficient (Wildman–Crippen LogP) is -0.825. The first-order chi connectivity index (χ1) is 10.3. The molecule has 1 fully saturated rings. The van der Waals surface area contributed by atoms with Crippen molar-refractivity contribution in [3.63, 3.8) is 0 Å². The summed E-state index contributed by atoms with van der Waals surface area (Å²) < 4.78 is 21.9. The molecule has 0 spiro atoms. The van der Waals surface area contributed by atoms with Crippen LogP contribution in [-0.4, -0.2) is 58.0 Å². The fourth-order valence-corrected chi connectivity index (χ4v) is 2.79. The fourth-order valence-electron chi connectivity index (χ4n) is 2.15. The van der Waals surface area contributed by atoms with Crippen LogP contribution in [0.1, 0.15) is 6.23 Å². The minimum atomic E-state index is -4.89. The smallest absolute Gasteiger partial charge is 0.385 e. The third-order valence-electron chi connectivity index (χ3n) is 3.09. The number of aliphatic hydroxyl groups is 2. The molecule has 3 heterocycles. The van der Waals surface area contributed by atoms with Crippen molar-refractivity contribution < 1.29 is 33.8 Å². The number of nitrogens with zero attached hydrogens (tertiary/aromatic N) is 3. The Morgan fingerprint density at radius 2 is 2.09 bits per heavy atom. The summed E-state index contributed by atoms with van der Waals surface area (Å²) in [6, 6.07) is 0. The lowest BCUT2D eigenvalue weighted by atomic mass is 10.2. The van der Waals surface area contributed by atoms with E-state index >= 15 is 0 Å². The molecule has 0 aliphatic carbocycles. The van der Waals surface area contributed by atoms with Crippen molar-refractivity contribution in [1.29, 1.82) is 0 Å². The lowest BCUT2D eigenvalue weighted by molar-refractivity contribution is -0.134. The lowest BCUT2D eigenvalue weighted by Gasteiger charge is -2.16. The Morgan fingerprint density at radius 1 is 1.36 bits per heavy atom. The van der Waals surface area contributed by atoms with Gasteiger partial charge in [0.1, 0.15) is 23.4 Å². The number of aromatic nitrogens is 4. The number of imidazole rings is 1. The van der Waals surface area contributed by atoms with E-state index in [9.17, 15) is 14.8 Å². The van der Waals surface area contributed by atoms with E-state index in [0.29, 0.717) is 11.2 Å². The fraction of sp³-hybridized carbons (Fsp3) is 0.444. The molecule has 5 N–H and O–H groups in total. The molecule has 11 nitrogen and oxygen atoms in total. The Labute approximate surface area is 127 Å². The summed E-state index contributed by atoms with van der Waals surface area (Å²) in [6.45, 7) is 0. The second kappa shape index (κ2) is 5.44. The van der Waals surface area contributed by atoms with E-state index in [4.69, 9.17) is 26.7 Å². The van der Waals surface area contributed by atoms with Gasteiger partial charge < -0.3 is 29.7 Å². The third kappa shape index (κ3) is 2.71. The molecule has 13 heteroatoms. The molecule has 22 heavy (non-hydrogen) atoms. The topological polar surface area (TPSA) is 163 Å². The van der Waals surface area contributed by atoms with Crippen molar-refractivity contribution >= 4 is 31.2 Å². The Balaban J connectivity index is 1.96. The highest BCUT2D eigenvalue weighted by Crippen LogP contribution is 2.43. The van der Waals surface area contributed by atoms with Crippen LogP contribution in [0.5, 0.6) is 0 Å². The Morgan fingerprint density at radius 3 is 2.77 bits per heavy atom. The number of rotatable bonds is 3. The summed E-state index contributed by atoms with van der Waals surface area (Å²) in [5.74, 6) is 0. The molecule has 1 aliphatic rings. The van der Waals surface area contributed by atoms with Crippen LogP contribution in [-0.2, 0) is 13.8 Å². The van der Waals surface area contributed by atoms with Crippen molar-refractivity contribution in [2.75, 3.05) is 0 Å². The molecule has 1 saturated heterocycles. The summed E-state index contributed by atoms with van der Waals surface area (Å²) in [5.41, 5.74) is 0.718. The number of phosphoric ester groups is 1. The van der Waals surface area contributed by atoms with Crippen LogP contribution in [0, 0.1) is 4.64 Å². The molecule has 1 aliphatic heterocycles. The van der Waals surface area contributed by atoms with Crippen LogP contribution in [0.25, 0.3) is 11.2 Å². The molecule has 2 aromatic heterocycles. The zero-order valence-electron chi connectivity index (χ0n) is 10.7. The molecule has 0 bridgehead atoms. The van der Waals surface area contributed by atoms with Gasteiger partial charge in [0.15, 0.2) is 17.2 Å². The minimum absolute atomic E-state index is 0.226. The number of phosphoric acid groups is 1. The average Bonchev–Trinajstić information content (AvgIpc) is 2.95. The highest BCUT2D eigenvalue weighted by molar-refractivity contribution is 7.71. The highest BCUT2D eigenvalue weighted by atomic mass is 32.1. The quantitative estimate of drug-likeness (QED) is 0.349. The molecular weight excluding hydrogens is 339 g/mol. The van der Waals surface area contributed by atoms with E-state index in [1.54, 1.807) is 0 Å². The molecule has 2 aromatic rings. The molecule has 4 atom stereocenters. The Hall–Kier alpha value is -1.24. The van der Waals surface area contributed by atoms with E-state index < -0.39 is 32.5 Å². The minimum Gasteiger partial charge on any atom is -0.385 e. The highest BCUT2D eigenvalue weighted by Gasteiger charge is 2.47. The summed E-state index contributed by atoms with van der Waals surface area (Å²) in [7, 11) is -4.89. The van der Waals surface area contributed by atoms with Gasteiger partial charge in [-0.25, -0.2) is 14.5 Å². The molecule has 0 amide bonds. The second-order valence-corrected chi connectivity index (χ2v) is 6.11. The maximum Gasteiger partial charge on any atom is 0.472 e. The zero-order chi connectivity index (χ0) is 16.1. The third-order valence-corrected chi connectivity index (χ3v) is 3.87. The van der Waals surface area contributed by atoms with Gasteiger partial charge in [0.05, 0.1) is 12.7 Å². The first kappa shape index (κ1) is 15.6. The van der Waals surface area contributed by atoms with Gasteiger partial charge in [0.2, 0.25) is 0 Å². The maximum atomic E-state index is 10.8. The van der Waals surface area contributed by atoms with Gasteiger partial charge in [-0.2, -0.15) is 0 Å². The van der Waals surface area contributed by atoms with Crippen LogP contribution in [0.15, 0.2) is 12.7 Å². The Kier molecular flexibility index (Phi) is 3.87. The van der Waals surface area contributed by atoms with E-state index in [1.165, 1.54) is 17.2 Å². The number of hydrogen-bond donors (Lipinski definition) is 5. The van der Waals surface area contributed by atoms with Gasteiger partial charge >= 0.3 is 7.82 Å². The molecule has 0 aromatic carbocycles. The van der Waals surface area contributed by atoms with Gasteiger partial charge in [-0.05, 0) is 0 Å². The van der Waals surface area contributed by atoms with E-state index in [-0.39, 0.29) is 4.64 Å². The number of nitrogens with one attached hydrogen (secondary N) is 1. The van der Waals surface area contributed by atoms with Crippen molar-refractivity contribution in [1.82, 2.24) is 19.5 Å². The summed E-state index contributed by atoms with van der Waals surface area (Å²) in [5, 5.41) is 19.8. The van der Waals surface area contributed by atoms with Gasteiger partial charge in [-0.3, -0.25) is 9.09 Å². The number of fused-ring (bicyclic) bond motifs is 1. The van der Waals surface area contributed by atoms with Gasteiger partial charge in [0, 0.05) is 0 Å². The first-order valence-corrected chi connectivity index (χ1v) is 7.87. The summed E-state index contributed by atoms with van der Waals surface area (Å²) in [4.78, 5) is 28.2. The van der Waals surface area contributed by atoms with E-state index in [0.717, 1.165) is 0 Å². The average molecular weight is 350 g/mol. The molecule has 0 radical (unpaired) electrons. The zero-order valence-corrected chi connectivity index (χ0v) is 12.4. The molecule has 120 valence electrons. The Bertz CT molecular complexity index is 803. The standard InChI is InChI=1S/C9H11N4O7PS/c14-4-5(15)9(20-21(16,17)18)19-8(4)13-2-12-3-6(13)10-1-11-7(3)22/h1-2,4-5,8-9,14-15H,(H,10,11,22)(H2,16,17,18)/t4-,5+,8?,9-/m1/s1. The van der Waals surface area contributed by atoms with Gasteiger partial charge in [-0.15, -0.1) is 0 Å². The number of ether oxygens (including phenoxy) is 1. The van der Waals surface area contributed by atoms with E-state index in [2.05, 4.69) is 19.5 Å². The van der Waals surface area contributed by atoms with Crippen LogP contribution >= 0.6 is 20.0 Å². The molecule has 1 unspecified atom stereocenters. The van der Waals surface area contributed by atoms with Crippen molar-refractivity contribution in [3.05, 3.63) is 17.3 Å². The maximum absolute atomic E-state index is 10.8. The monoisotopic (exact) mass is 350 g/mol. The van der Waals surface area contributed by atoms with Crippen LogP contribution in [0.4, 0.5) is 0 Å².